The Morgan fingerprint density at radius 1 is 1.00 bits per heavy atom. The number of Topliss-reactive ketones (excluding diaryl/α,β-unsaturated/α-hetero) is 1. The van der Waals surface area contributed by atoms with Crippen LogP contribution in [0.1, 0.15) is 58.8 Å². The van der Waals surface area contributed by atoms with E-state index in [4.69, 9.17) is 0 Å². The molecule has 1 atom stereocenters. The maximum atomic E-state index is 12.5. The highest BCUT2D eigenvalue weighted by Gasteiger charge is 2.27. The molecule has 0 fully saturated rings. The summed E-state index contributed by atoms with van der Waals surface area (Å²) < 4.78 is 0. The van der Waals surface area contributed by atoms with Crippen molar-refractivity contribution >= 4 is 29.4 Å². The Morgan fingerprint density at radius 3 is 2.26 bits per heavy atom. The first-order valence-corrected chi connectivity index (χ1v) is 11.2. The van der Waals surface area contributed by atoms with Crippen molar-refractivity contribution in [2.75, 3.05) is 45.7 Å². The predicted octanol–water partition coefficient (Wildman–Crippen LogP) is 2.56. The first-order valence-electron chi connectivity index (χ1n) is 10.0. The van der Waals surface area contributed by atoms with Crippen LogP contribution in [0.3, 0.4) is 0 Å². The van der Waals surface area contributed by atoms with Crippen LogP contribution in [0.25, 0.3) is 0 Å². The molecule has 6 nitrogen and oxygen atoms in total. The van der Waals surface area contributed by atoms with E-state index in [-0.39, 0.29) is 24.0 Å². The third-order valence-electron chi connectivity index (χ3n) is 4.36. The molecular formula is C20H39N3O3S. The molecule has 0 bridgehead atoms. The van der Waals surface area contributed by atoms with Gasteiger partial charge in [0.05, 0.1) is 0 Å². The number of likely N-dealkylation sites (N-methyl/N-ethyl adjacent to an activating group) is 1. The van der Waals surface area contributed by atoms with Gasteiger partial charge in [0.25, 0.3) is 0 Å². The number of hydrogen-bond acceptors (Lipinski definition) is 5. The van der Waals surface area contributed by atoms with Crippen molar-refractivity contribution < 1.29 is 14.4 Å². The van der Waals surface area contributed by atoms with E-state index in [1.54, 1.807) is 7.05 Å². The van der Waals surface area contributed by atoms with E-state index >= 15 is 0 Å². The van der Waals surface area contributed by atoms with Crippen LogP contribution in [-0.2, 0) is 14.4 Å². The number of hydrogen-bond donors (Lipinski definition) is 1. The van der Waals surface area contributed by atoms with E-state index in [0.717, 1.165) is 38.0 Å². The molecule has 0 radical (unpaired) electrons. The maximum absolute atomic E-state index is 12.5. The molecule has 0 spiro atoms. The zero-order chi connectivity index (χ0) is 20.7. The van der Waals surface area contributed by atoms with Gasteiger partial charge in [-0.2, -0.15) is 11.8 Å². The van der Waals surface area contributed by atoms with E-state index in [0.29, 0.717) is 13.0 Å². The SMILES string of the molecule is CCSCCCCCCC(=O)N(C)C(CC(C)=O)C(=O)NCCCN(C)C. The van der Waals surface area contributed by atoms with Crippen LogP contribution in [0.2, 0.25) is 0 Å². The Kier molecular flexibility index (Phi) is 15.3. The number of carbonyl (C=O) groups is 3. The average molecular weight is 402 g/mol. The monoisotopic (exact) mass is 401 g/mol. The summed E-state index contributed by atoms with van der Waals surface area (Å²) in [5.41, 5.74) is 0. The molecule has 1 N–H and O–H groups in total. The van der Waals surface area contributed by atoms with Crippen molar-refractivity contribution in [3.05, 3.63) is 0 Å². The normalized spacial score (nSPS) is 12.1. The summed E-state index contributed by atoms with van der Waals surface area (Å²) >= 11 is 1.95. The van der Waals surface area contributed by atoms with Crippen LogP contribution in [0, 0.1) is 0 Å². The number of thioether (sulfide) groups is 1. The molecule has 0 aromatic rings. The summed E-state index contributed by atoms with van der Waals surface area (Å²) in [6.07, 6.45) is 5.50. The number of carbonyl (C=O) groups excluding carboxylic acids is 3. The molecule has 0 aliphatic heterocycles. The van der Waals surface area contributed by atoms with Crippen molar-refractivity contribution in [1.82, 2.24) is 15.1 Å². The van der Waals surface area contributed by atoms with Gasteiger partial charge in [-0.25, -0.2) is 0 Å². The molecule has 1 unspecified atom stereocenters. The van der Waals surface area contributed by atoms with Crippen molar-refractivity contribution in [1.29, 1.82) is 0 Å². The number of nitrogens with one attached hydrogen (secondary N) is 1. The number of amides is 2. The molecule has 0 saturated carbocycles. The summed E-state index contributed by atoms with van der Waals surface area (Å²) in [7, 11) is 5.60. The zero-order valence-corrected chi connectivity index (χ0v) is 18.7. The summed E-state index contributed by atoms with van der Waals surface area (Å²) in [5.74, 6) is 1.94. The summed E-state index contributed by atoms with van der Waals surface area (Å²) in [6.45, 7) is 5.04. The lowest BCUT2D eigenvalue weighted by molar-refractivity contribution is -0.140. The molecule has 0 aromatic heterocycles. The fourth-order valence-electron chi connectivity index (χ4n) is 2.73. The van der Waals surface area contributed by atoms with Crippen LogP contribution in [0.15, 0.2) is 0 Å². The molecule has 0 heterocycles. The molecular weight excluding hydrogens is 362 g/mol. The van der Waals surface area contributed by atoms with E-state index in [1.165, 1.54) is 24.0 Å². The standard InChI is InChI=1S/C20H39N3O3S/c1-6-27-15-10-8-7-9-12-19(25)23(5)18(16-17(2)24)20(26)21-13-11-14-22(3)4/h18H,6-16H2,1-5H3,(H,21,26). The molecule has 0 aliphatic carbocycles. The quantitative estimate of drug-likeness (QED) is 0.403. The van der Waals surface area contributed by atoms with E-state index in [9.17, 15) is 14.4 Å². The molecule has 0 rings (SSSR count). The van der Waals surface area contributed by atoms with Gasteiger partial charge in [-0.05, 0) is 58.3 Å². The highest BCUT2D eigenvalue weighted by molar-refractivity contribution is 7.99. The molecule has 2 amide bonds. The van der Waals surface area contributed by atoms with Gasteiger partial charge in [-0.15, -0.1) is 0 Å². The van der Waals surface area contributed by atoms with Crippen molar-refractivity contribution in [2.24, 2.45) is 0 Å². The number of nitrogens with zero attached hydrogens (tertiary/aromatic N) is 2. The fraction of sp³-hybridized carbons (Fsp3) is 0.850. The summed E-state index contributed by atoms with van der Waals surface area (Å²) in [5, 5.41) is 2.86. The van der Waals surface area contributed by atoms with Gasteiger partial charge in [0.1, 0.15) is 11.8 Å². The van der Waals surface area contributed by atoms with E-state index in [1.807, 2.05) is 25.9 Å². The van der Waals surface area contributed by atoms with Gasteiger partial charge in [-0.3, -0.25) is 14.4 Å². The van der Waals surface area contributed by atoms with Gasteiger partial charge in [-0.1, -0.05) is 19.8 Å². The summed E-state index contributed by atoms with van der Waals surface area (Å²) in [6, 6.07) is -0.713. The minimum absolute atomic E-state index is 0.0624. The minimum Gasteiger partial charge on any atom is -0.354 e. The van der Waals surface area contributed by atoms with Gasteiger partial charge in [0.2, 0.25) is 11.8 Å². The van der Waals surface area contributed by atoms with Crippen molar-refractivity contribution in [3.8, 4) is 0 Å². The predicted molar refractivity (Wildman–Crippen MR) is 114 cm³/mol. The van der Waals surface area contributed by atoms with Crippen LogP contribution >= 0.6 is 11.8 Å². The average Bonchev–Trinajstić information content (AvgIpc) is 2.61. The zero-order valence-electron chi connectivity index (χ0n) is 17.9. The third-order valence-corrected chi connectivity index (χ3v) is 5.34. The fourth-order valence-corrected chi connectivity index (χ4v) is 3.43. The Morgan fingerprint density at radius 2 is 1.67 bits per heavy atom. The van der Waals surface area contributed by atoms with Crippen LogP contribution in [0.4, 0.5) is 0 Å². The molecule has 7 heteroatoms. The van der Waals surface area contributed by atoms with Gasteiger partial charge in [0, 0.05) is 26.4 Å². The van der Waals surface area contributed by atoms with Crippen molar-refractivity contribution in [3.63, 3.8) is 0 Å². The largest absolute Gasteiger partial charge is 0.354 e. The Balaban J connectivity index is 4.36. The third kappa shape index (κ3) is 13.7. The Bertz CT molecular complexity index is 444. The lowest BCUT2D eigenvalue weighted by atomic mass is 10.1. The number of rotatable bonds is 16. The van der Waals surface area contributed by atoms with Gasteiger partial charge < -0.3 is 15.1 Å². The highest BCUT2D eigenvalue weighted by atomic mass is 32.2. The van der Waals surface area contributed by atoms with Crippen LogP contribution < -0.4 is 5.32 Å². The molecule has 0 saturated heterocycles. The maximum Gasteiger partial charge on any atom is 0.243 e. The number of unbranched alkanes of at least 4 members (excludes halogenated alkanes) is 3. The topological polar surface area (TPSA) is 69.7 Å². The smallest absolute Gasteiger partial charge is 0.243 e. The van der Waals surface area contributed by atoms with Crippen LogP contribution in [0.5, 0.6) is 0 Å². The van der Waals surface area contributed by atoms with Crippen LogP contribution in [-0.4, -0.2) is 79.2 Å². The first-order chi connectivity index (χ1) is 12.8. The Hall–Kier alpha value is -1.08. The Labute approximate surface area is 169 Å². The highest BCUT2D eigenvalue weighted by Crippen LogP contribution is 2.11. The molecule has 0 aromatic carbocycles. The molecule has 158 valence electrons. The number of ketones is 1. The van der Waals surface area contributed by atoms with Gasteiger partial charge in [0.15, 0.2) is 0 Å². The molecule has 27 heavy (non-hydrogen) atoms. The molecule has 0 aliphatic rings. The van der Waals surface area contributed by atoms with Gasteiger partial charge >= 0.3 is 0 Å². The van der Waals surface area contributed by atoms with E-state index in [2.05, 4.69) is 17.1 Å². The summed E-state index contributed by atoms with van der Waals surface area (Å²) in [4.78, 5) is 40.0. The first kappa shape index (κ1) is 25.9. The minimum atomic E-state index is -0.713. The second-order valence-corrected chi connectivity index (χ2v) is 8.63. The lowest BCUT2D eigenvalue weighted by Crippen LogP contribution is -2.48. The second-order valence-electron chi connectivity index (χ2n) is 7.24. The lowest BCUT2D eigenvalue weighted by Gasteiger charge is -2.27. The van der Waals surface area contributed by atoms with Crippen molar-refractivity contribution in [2.45, 2.75) is 64.8 Å². The van der Waals surface area contributed by atoms with E-state index < -0.39 is 6.04 Å². The second kappa shape index (κ2) is 15.9.